The van der Waals surface area contributed by atoms with E-state index in [9.17, 15) is 10.1 Å². The van der Waals surface area contributed by atoms with Gasteiger partial charge in [0.1, 0.15) is 11.6 Å². The SMILES string of the molecule is CCCNC(=O)/C(C#N)=C/c1ccccc1-c1ccccc1Cl. The molecule has 0 aliphatic carbocycles. The fourth-order valence-electron chi connectivity index (χ4n) is 2.19. The highest BCUT2D eigenvalue weighted by Gasteiger charge is 2.11. The minimum Gasteiger partial charge on any atom is -0.351 e. The minimum absolute atomic E-state index is 0.0814. The van der Waals surface area contributed by atoms with Crippen LogP contribution in [0.2, 0.25) is 5.02 Å². The third-order valence-electron chi connectivity index (χ3n) is 3.33. The van der Waals surface area contributed by atoms with Crippen molar-refractivity contribution in [1.82, 2.24) is 5.32 Å². The summed E-state index contributed by atoms with van der Waals surface area (Å²) in [6.45, 7) is 2.51. The van der Waals surface area contributed by atoms with Gasteiger partial charge in [-0.25, -0.2) is 0 Å². The van der Waals surface area contributed by atoms with Crippen LogP contribution in [-0.4, -0.2) is 12.5 Å². The van der Waals surface area contributed by atoms with Crippen LogP contribution < -0.4 is 5.32 Å². The zero-order valence-electron chi connectivity index (χ0n) is 12.8. The first kappa shape index (κ1) is 16.8. The molecular formula is C19H17ClN2O. The zero-order valence-corrected chi connectivity index (χ0v) is 13.6. The summed E-state index contributed by atoms with van der Waals surface area (Å²) >= 11 is 6.27. The first-order valence-corrected chi connectivity index (χ1v) is 7.79. The Labute approximate surface area is 141 Å². The standard InChI is InChI=1S/C19H17ClN2O/c1-2-11-22-19(23)15(13-21)12-14-7-3-4-8-16(14)17-9-5-6-10-18(17)20/h3-10,12H,2,11H2,1H3,(H,22,23)/b15-12+. The second-order valence-electron chi connectivity index (χ2n) is 4.99. The second-order valence-corrected chi connectivity index (χ2v) is 5.40. The zero-order chi connectivity index (χ0) is 16.7. The monoisotopic (exact) mass is 324 g/mol. The van der Waals surface area contributed by atoms with E-state index in [2.05, 4.69) is 5.32 Å². The highest BCUT2D eigenvalue weighted by atomic mass is 35.5. The van der Waals surface area contributed by atoms with Crippen molar-refractivity contribution in [3.8, 4) is 17.2 Å². The number of nitrogens with one attached hydrogen (secondary N) is 1. The number of benzene rings is 2. The van der Waals surface area contributed by atoms with Crippen molar-refractivity contribution in [2.24, 2.45) is 0 Å². The number of nitriles is 1. The summed E-state index contributed by atoms with van der Waals surface area (Å²) in [7, 11) is 0. The van der Waals surface area contributed by atoms with Gasteiger partial charge in [-0.1, -0.05) is 61.0 Å². The number of hydrogen-bond acceptors (Lipinski definition) is 2. The van der Waals surface area contributed by atoms with Crippen molar-refractivity contribution in [2.75, 3.05) is 6.54 Å². The number of rotatable bonds is 5. The lowest BCUT2D eigenvalue weighted by molar-refractivity contribution is -0.117. The van der Waals surface area contributed by atoms with Gasteiger partial charge in [0.05, 0.1) is 0 Å². The molecule has 116 valence electrons. The molecule has 0 aliphatic heterocycles. The van der Waals surface area contributed by atoms with Gasteiger partial charge in [-0.3, -0.25) is 4.79 Å². The van der Waals surface area contributed by atoms with Crippen molar-refractivity contribution in [2.45, 2.75) is 13.3 Å². The smallest absolute Gasteiger partial charge is 0.261 e. The van der Waals surface area contributed by atoms with E-state index >= 15 is 0 Å². The summed E-state index contributed by atoms with van der Waals surface area (Å²) in [5, 5.41) is 12.6. The molecule has 4 heteroatoms. The van der Waals surface area contributed by atoms with E-state index in [0.717, 1.165) is 23.1 Å². The molecule has 0 aromatic heterocycles. The molecule has 2 aromatic rings. The number of carbonyl (C=O) groups excluding carboxylic acids is 1. The lowest BCUT2D eigenvalue weighted by Gasteiger charge is -2.09. The lowest BCUT2D eigenvalue weighted by Crippen LogP contribution is -2.25. The predicted octanol–water partition coefficient (Wildman–Crippen LogP) is 4.44. The highest BCUT2D eigenvalue weighted by Crippen LogP contribution is 2.31. The maximum atomic E-state index is 12.0. The van der Waals surface area contributed by atoms with Crippen LogP contribution in [-0.2, 0) is 4.79 Å². The largest absolute Gasteiger partial charge is 0.351 e. The van der Waals surface area contributed by atoms with E-state index in [1.807, 2.05) is 61.5 Å². The fraction of sp³-hybridized carbons (Fsp3) is 0.158. The summed E-state index contributed by atoms with van der Waals surface area (Å²) in [5.74, 6) is -0.358. The van der Waals surface area contributed by atoms with Crippen molar-refractivity contribution in [3.05, 3.63) is 64.7 Å². The number of nitrogens with zero attached hydrogens (tertiary/aromatic N) is 1. The average molecular weight is 325 g/mol. The average Bonchev–Trinajstić information content (AvgIpc) is 2.58. The van der Waals surface area contributed by atoms with Crippen LogP contribution in [0.4, 0.5) is 0 Å². The molecule has 0 radical (unpaired) electrons. The van der Waals surface area contributed by atoms with Crippen molar-refractivity contribution < 1.29 is 4.79 Å². The fourth-order valence-corrected chi connectivity index (χ4v) is 2.42. The summed E-state index contributed by atoms with van der Waals surface area (Å²) < 4.78 is 0. The topological polar surface area (TPSA) is 52.9 Å². The Hall–Kier alpha value is -2.57. The van der Waals surface area contributed by atoms with Gasteiger partial charge in [0.15, 0.2) is 0 Å². The summed E-state index contributed by atoms with van der Waals surface area (Å²) in [5.41, 5.74) is 2.61. The van der Waals surface area contributed by atoms with Gasteiger partial charge in [-0.15, -0.1) is 0 Å². The number of halogens is 1. The second kappa shape index (κ2) is 8.17. The van der Waals surface area contributed by atoms with Crippen LogP contribution in [0.5, 0.6) is 0 Å². The van der Waals surface area contributed by atoms with Crippen LogP contribution in [0.25, 0.3) is 17.2 Å². The summed E-state index contributed by atoms with van der Waals surface area (Å²) in [6, 6.07) is 17.0. The molecule has 0 bridgehead atoms. The number of amides is 1. The van der Waals surface area contributed by atoms with Gasteiger partial charge in [-0.05, 0) is 29.7 Å². The molecular weight excluding hydrogens is 308 g/mol. The Kier molecular flexibility index (Phi) is 5.96. The molecule has 0 unspecified atom stereocenters. The van der Waals surface area contributed by atoms with Crippen LogP contribution in [0.1, 0.15) is 18.9 Å². The third kappa shape index (κ3) is 4.21. The van der Waals surface area contributed by atoms with E-state index in [1.165, 1.54) is 0 Å². The molecule has 2 rings (SSSR count). The molecule has 0 atom stereocenters. The molecule has 1 N–H and O–H groups in total. The molecule has 1 amide bonds. The molecule has 0 saturated heterocycles. The van der Waals surface area contributed by atoms with E-state index in [0.29, 0.717) is 11.6 Å². The van der Waals surface area contributed by atoms with Crippen LogP contribution in [0.3, 0.4) is 0 Å². The summed E-state index contributed by atoms with van der Waals surface area (Å²) in [6.07, 6.45) is 2.42. The Morgan fingerprint density at radius 2 is 1.83 bits per heavy atom. The lowest BCUT2D eigenvalue weighted by atomic mass is 9.98. The maximum absolute atomic E-state index is 12.0. The van der Waals surface area contributed by atoms with Gasteiger partial charge in [0, 0.05) is 17.1 Å². The van der Waals surface area contributed by atoms with Crippen LogP contribution in [0, 0.1) is 11.3 Å². The van der Waals surface area contributed by atoms with E-state index in [-0.39, 0.29) is 11.5 Å². The Morgan fingerprint density at radius 3 is 2.48 bits per heavy atom. The number of carbonyl (C=O) groups is 1. The highest BCUT2D eigenvalue weighted by molar-refractivity contribution is 6.33. The first-order valence-electron chi connectivity index (χ1n) is 7.41. The maximum Gasteiger partial charge on any atom is 0.261 e. The Balaban J connectivity index is 2.45. The van der Waals surface area contributed by atoms with Gasteiger partial charge >= 0.3 is 0 Å². The molecule has 0 aliphatic rings. The van der Waals surface area contributed by atoms with Gasteiger partial charge in [-0.2, -0.15) is 5.26 Å². The number of hydrogen-bond donors (Lipinski definition) is 1. The third-order valence-corrected chi connectivity index (χ3v) is 3.65. The van der Waals surface area contributed by atoms with Gasteiger partial charge < -0.3 is 5.32 Å². The predicted molar refractivity (Wildman–Crippen MR) is 93.8 cm³/mol. The van der Waals surface area contributed by atoms with Crippen molar-refractivity contribution in [3.63, 3.8) is 0 Å². The Bertz CT molecular complexity index is 775. The summed E-state index contributed by atoms with van der Waals surface area (Å²) in [4.78, 5) is 12.0. The molecule has 2 aromatic carbocycles. The van der Waals surface area contributed by atoms with E-state index in [1.54, 1.807) is 6.08 Å². The first-order chi connectivity index (χ1) is 11.2. The molecule has 0 saturated carbocycles. The quantitative estimate of drug-likeness (QED) is 0.653. The van der Waals surface area contributed by atoms with E-state index in [4.69, 9.17) is 11.6 Å². The molecule has 23 heavy (non-hydrogen) atoms. The van der Waals surface area contributed by atoms with E-state index < -0.39 is 0 Å². The minimum atomic E-state index is -0.358. The molecule has 0 heterocycles. The van der Waals surface area contributed by atoms with Crippen molar-refractivity contribution >= 4 is 23.6 Å². The van der Waals surface area contributed by atoms with Crippen LogP contribution in [0.15, 0.2) is 54.1 Å². The van der Waals surface area contributed by atoms with Crippen LogP contribution >= 0.6 is 11.6 Å². The molecule has 3 nitrogen and oxygen atoms in total. The van der Waals surface area contributed by atoms with Gasteiger partial charge in [0.25, 0.3) is 5.91 Å². The molecule has 0 spiro atoms. The molecule has 0 fully saturated rings. The normalized spacial score (nSPS) is 10.9. The van der Waals surface area contributed by atoms with Crippen molar-refractivity contribution in [1.29, 1.82) is 5.26 Å². The van der Waals surface area contributed by atoms with Gasteiger partial charge in [0.2, 0.25) is 0 Å². The Morgan fingerprint density at radius 1 is 1.17 bits per heavy atom.